The molecule has 0 unspecified atom stereocenters. The van der Waals surface area contributed by atoms with Crippen LogP contribution in [0.5, 0.6) is 17.2 Å². The number of amidine groups is 1. The van der Waals surface area contributed by atoms with Crippen LogP contribution in [-0.2, 0) is 15.8 Å². The van der Waals surface area contributed by atoms with Gasteiger partial charge in [-0.3, -0.25) is 19.5 Å². The quantitative estimate of drug-likeness (QED) is 0.513. The van der Waals surface area contributed by atoms with Crippen molar-refractivity contribution in [2.75, 3.05) is 39.8 Å². The maximum atomic E-state index is 13.5. The van der Waals surface area contributed by atoms with Gasteiger partial charge in [0.1, 0.15) is 5.75 Å². The van der Waals surface area contributed by atoms with Crippen molar-refractivity contribution in [1.29, 1.82) is 5.26 Å². The van der Waals surface area contributed by atoms with Crippen LogP contribution in [0.1, 0.15) is 16.7 Å². The smallest absolute Gasteiger partial charge is 0.420 e. The van der Waals surface area contributed by atoms with Gasteiger partial charge in [0.05, 0.1) is 42.3 Å². The molecular weight excluding hydrogens is 523 g/mol. The normalized spacial score (nSPS) is 18.3. The Labute approximate surface area is 220 Å². The zero-order chi connectivity index (χ0) is 27.3. The highest BCUT2D eigenvalue weighted by atomic mass is 32.2. The maximum Gasteiger partial charge on any atom is 0.420 e. The van der Waals surface area contributed by atoms with Gasteiger partial charge in [0.25, 0.3) is 5.91 Å². The lowest BCUT2D eigenvalue weighted by atomic mass is 10.1. The van der Waals surface area contributed by atoms with Crippen molar-refractivity contribution in [2.24, 2.45) is 4.99 Å². The Kier molecular flexibility index (Phi) is 8.23. The largest absolute Gasteiger partial charge is 0.493 e. The summed E-state index contributed by atoms with van der Waals surface area (Å²) in [5.74, 6) is -0.653. The first-order chi connectivity index (χ1) is 18.2. The SMILES string of the molecule is COc1cc(/C=C2\SC(=NCCN3CCNC(=O)C3)NC2=O)ccc1Oc1ccc(C#N)cc1C(F)(F)F. The molecule has 4 rings (SSSR count). The fourth-order valence-corrected chi connectivity index (χ4v) is 4.56. The Hall–Kier alpha value is -4.02. The molecule has 2 N–H and O–H groups in total. The molecule has 2 aliphatic heterocycles. The molecule has 2 aliphatic rings. The fourth-order valence-electron chi connectivity index (χ4n) is 3.72. The summed E-state index contributed by atoms with van der Waals surface area (Å²) in [6.07, 6.45) is -3.12. The number of thioether (sulfide) groups is 1. The monoisotopic (exact) mass is 545 g/mol. The molecular formula is C25H22F3N5O4S. The number of amides is 2. The summed E-state index contributed by atoms with van der Waals surface area (Å²) in [6.45, 7) is 2.65. The molecule has 2 fully saturated rings. The molecule has 2 saturated heterocycles. The summed E-state index contributed by atoms with van der Waals surface area (Å²) in [7, 11) is 1.34. The number of nitrogens with zero attached hydrogens (tertiary/aromatic N) is 3. The molecule has 0 aliphatic carbocycles. The summed E-state index contributed by atoms with van der Waals surface area (Å²) in [5.41, 5.74) is -0.671. The third-order valence-electron chi connectivity index (χ3n) is 5.56. The zero-order valence-electron chi connectivity index (χ0n) is 20.1. The van der Waals surface area contributed by atoms with Gasteiger partial charge in [0.15, 0.2) is 16.7 Å². The highest BCUT2D eigenvalue weighted by molar-refractivity contribution is 8.18. The minimum Gasteiger partial charge on any atom is -0.493 e. The minimum atomic E-state index is -4.73. The average molecular weight is 546 g/mol. The van der Waals surface area contributed by atoms with Crippen molar-refractivity contribution in [3.8, 4) is 23.3 Å². The van der Waals surface area contributed by atoms with E-state index in [2.05, 4.69) is 15.6 Å². The molecule has 198 valence electrons. The van der Waals surface area contributed by atoms with E-state index in [0.717, 1.165) is 30.4 Å². The van der Waals surface area contributed by atoms with Crippen LogP contribution in [0.25, 0.3) is 6.08 Å². The molecule has 9 nitrogen and oxygen atoms in total. The summed E-state index contributed by atoms with van der Waals surface area (Å²) in [5, 5.41) is 14.8. The van der Waals surface area contributed by atoms with Crippen molar-refractivity contribution < 1.29 is 32.2 Å². The summed E-state index contributed by atoms with van der Waals surface area (Å²) < 4.78 is 51.3. The predicted molar refractivity (Wildman–Crippen MR) is 135 cm³/mol. The van der Waals surface area contributed by atoms with Crippen LogP contribution >= 0.6 is 11.8 Å². The molecule has 2 aromatic rings. The first-order valence-electron chi connectivity index (χ1n) is 11.4. The topological polar surface area (TPSA) is 116 Å². The van der Waals surface area contributed by atoms with Gasteiger partial charge in [0.2, 0.25) is 5.91 Å². The van der Waals surface area contributed by atoms with Gasteiger partial charge >= 0.3 is 6.18 Å². The number of carbonyl (C=O) groups is 2. The van der Waals surface area contributed by atoms with Crippen molar-refractivity contribution in [2.45, 2.75) is 6.18 Å². The Balaban J connectivity index is 1.47. The van der Waals surface area contributed by atoms with Crippen LogP contribution in [0, 0.1) is 11.3 Å². The van der Waals surface area contributed by atoms with E-state index in [1.54, 1.807) is 18.2 Å². The van der Waals surface area contributed by atoms with Crippen LogP contribution in [0.4, 0.5) is 13.2 Å². The van der Waals surface area contributed by atoms with Gasteiger partial charge in [-0.15, -0.1) is 0 Å². The molecule has 2 aromatic carbocycles. The molecule has 0 atom stereocenters. The van der Waals surface area contributed by atoms with Crippen LogP contribution in [-0.4, -0.2) is 61.7 Å². The van der Waals surface area contributed by atoms with Gasteiger partial charge in [-0.05, 0) is 53.7 Å². The lowest BCUT2D eigenvalue weighted by Crippen LogP contribution is -2.48. The lowest BCUT2D eigenvalue weighted by Gasteiger charge is -2.25. The lowest BCUT2D eigenvalue weighted by molar-refractivity contribution is -0.138. The van der Waals surface area contributed by atoms with Crippen molar-refractivity contribution in [3.63, 3.8) is 0 Å². The summed E-state index contributed by atoms with van der Waals surface area (Å²) in [6, 6.07) is 9.26. The van der Waals surface area contributed by atoms with E-state index in [1.807, 2.05) is 4.90 Å². The number of aliphatic imine (C=N–C) groups is 1. The van der Waals surface area contributed by atoms with E-state index in [9.17, 15) is 22.8 Å². The second kappa shape index (κ2) is 11.6. The number of benzene rings is 2. The predicted octanol–water partition coefficient (Wildman–Crippen LogP) is 3.37. The van der Waals surface area contributed by atoms with Gasteiger partial charge in [0, 0.05) is 19.6 Å². The van der Waals surface area contributed by atoms with Crippen LogP contribution < -0.4 is 20.1 Å². The molecule has 13 heteroatoms. The van der Waals surface area contributed by atoms with E-state index in [-0.39, 0.29) is 28.9 Å². The molecule has 0 saturated carbocycles. The highest BCUT2D eigenvalue weighted by Gasteiger charge is 2.35. The van der Waals surface area contributed by atoms with E-state index in [1.165, 1.54) is 25.3 Å². The Morgan fingerprint density at radius 1 is 1.18 bits per heavy atom. The fraction of sp³-hybridized carbons (Fsp3) is 0.280. The number of alkyl halides is 3. The van der Waals surface area contributed by atoms with E-state index in [0.29, 0.717) is 41.8 Å². The van der Waals surface area contributed by atoms with Crippen molar-refractivity contribution >= 4 is 34.8 Å². The number of nitriles is 1. The third kappa shape index (κ3) is 6.64. The van der Waals surface area contributed by atoms with Gasteiger partial charge in [-0.25, -0.2) is 0 Å². The number of methoxy groups -OCH3 is 1. The van der Waals surface area contributed by atoms with Crippen LogP contribution in [0.15, 0.2) is 46.3 Å². The number of hydrogen-bond acceptors (Lipinski definition) is 8. The minimum absolute atomic E-state index is 0.0257. The van der Waals surface area contributed by atoms with Gasteiger partial charge < -0.3 is 20.1 Å². The van der Waals surface area contributed by atoms with Crippen molar-refractivity contribution in [1.82, 2.24) is 15.5 Å². The third-order valence-corrected chi connectivity index (χ3v) is 6.51. The molecule has 0 spiro atoms. The summed E-state index contributed by atoms with van der Waals surface area (Å²) >= 11 is 1.16. The van der Waals surface area contributed by atoms with Crippen LogP contribution in [0.2, 0.25) is 0 Å². The standard InChI is InChI=1S/C25H22F3N5O4S/c1-36-20-11-15(2-5-19(20)37-18-4-3-16(13-29)10-17(18)25(26,27)28)12-21-23(35)32-24(38-21)31-7-9-33-8-6-30-22(34)14-33/h2-5,10-12H,6-9,14H2,1H3,(H,30,34)(H,31,32,35)/b21-12-. The first kappa shape index (κ1) is 27.0. The molecule has 38 heavy (non-hydrogen) atoms. The average Bonchev–Trinajstić information content (AvgIpc) is 3.23. The highest BCUT2D eigenvalue weighted by Crippen LogP contribution is 2.41. The van der Waals surface area contributed by atoms with Crippen molar-refractivity contribution in [3.05, 3.63) is 58.0 Å². The van der Waals surface area contributed by atoms with E-state index < -0.39 is 17.5 Å². The number of hydrogen-bond donors (Lipinski definition) is 2. The number of rotatable bonds is 7. The number of halogens is 3. The van der Waals surface area contributed by atoms with Crippen LogP contribution in [0.3, 0.4) is 0 Å². The Morgan fingerprint density at radius 3 is 2.68 bits per heavy atom. The Bertz CT molecular complexity index is 1350. The van der Waals surface area contributed by atoms with Gasteiger partial charge in [-0.2, -0.15) is 18.4 Å². The number of carbonyl (C=O) groups excluding carboxylic acids is 2. The molecule has 2 heterocycles. The molecule has 0 radical (unpaired) electrons. The molecule has 2 amide bonds. The number of piperazine rings is 1. The van der Waals surface area contributed by atoms with Gasteiger partial charge in [-0.1, -0.05) is 6.07 Å². The molecule has 0 aromatic heterocycles. The zero-order valence-corrected chi connectivity index (χ0v) is 20.9. The number of nitrogens with one attached hydrogen (secondary N) is 2. The first-order valence-corrected chi connectivity index (χ1v) is 12.2. The maximum absolute atomic E-state index is 13.5. The van der Waals surface area contributed by atoms with E-state index in [4.69, 9.17) is 14.7 Å². The van der Waals surface area contributed by atoms with E-state index >= 15 is 0 Å². The second-order valence-corrected chi connectivity index (χ2v) is 9.24. The Morgan fingerprint density at radius 2 is 1.97 bits per heavy atom. The molecule has 0 bridgehead atoms. The summed E-state index contributed by atoms with van der Waals surface area (Å²) in [4.78, 5) is 30.6. The second-order valence-electron chi connectivity index (χ2n) is 8.21. The number of ether oxygens (including phenoxy) is 2.